The molecule has 3 heteroatoms. The van der Waals surface area contributed by atoms with Crippen molar-refractivity contribution < 1.29 is 4.79 Å². The van der Waals surface area contributed by atoms with Gasteiger partial charge in [-0.25, -0.2) is 0 Å². The van der Waals surface area contributed by atoms with Crippen molar-refractivity contribution in [3.8, 4) is 0 Å². The molecular formula is C17H20N2O. The molecule has 104 valence electrons. The van der Waals surface area contributed by atoms with Crippen LogP contribution in [-0.4, -0.2) is 5.91 Å². The SMILES string of the molecule is Cc1ccc(NC(=O)CCc2cccc(N)c2)cc1C. The van der Waals surface area contributed by atoms with Gasteiger partial charge in [0.1, 0.15) is 0 Å². The van der Waals surface area contributed by atoms with Gasteiger partial charge in [0.2, 0.25) is 5.91 Å². The first-order valence-electron chi connectivity index (χ1n) is 6.76. The van der Waals surface area contributed by atoms with E-state index in [0.29, 0.717) is 12.8 Å². The van der Waals surface area contributed by atoms with E-state index in [2.05, 4.69) is 12.2 Å². The quantitative estimate of drug-likeness (QED) is 0.834. The number of nitrogens with two attached hydrogens (primary N) is 1. The molecule has 0 aliphatic rings. The molecule has 3 nitrogen and oxygen atoms in total. The highest BCUT2D eigenvalue weighted by atomic mass is 16.1. The molecule has 0 saturated heterocycles. The number of hydrogen-bond donors (Lipinski definition) is 2. The van der Waals surface area contributed by atoms with Crippen molar-refractivity contribution in [3.63, 3.8) is 0 Å². The summed E-state index contributed by atoms with van der Waals surface area (Å²) in [6, 6.07) is 13.6. The highest BCUT2D eigenvalue weighted by molar-refractivity contribution is 5.90. The summed E-state index contributed by atoms with van der Waals surface area (Å²) in [6.45, 7) is 4.10. The van der Waals surface area contributed by atoms with Gasteiger partial charge in [-0.1, -0.05) is 18.2 Å². The summed E-state index contributed by atoms with van der Waals surface area (Å²) in [5, 5.41) is 2.92. The summed E-state index contributed by atoms with van der Waals surface area (Å²) in [6.07, 6.45) is 1.15. The predicted molar refractivity (Wildman–Crippen MR) is 83.7 cm³/mol. The fourth-order valence-corrected chi connectivity index (χ4v) is 2.05. The molecule has 2 rings (SSSR count). The van der Waals surface area contributed by atoms with Crippen LogP contribution in [0.2, 0.25) is 0 Å². The molecule has 20 heavy (non-hydrogen) atoms. The van der Waals surface area contributed by atoms with Gasteiger partial charge in [0, 0.05) is 17.8 Å². The molecule has 0 aromatic heterocycles. The number of benzene rings is 2. The number of carbonyl (C=O) groups is 1. The van der Waals surface area contributed by atoms with Crippen LogP contribution in [0.1, 0.15) is 23.1 Å². The van der Waals surface area contributed by atoms with E-state index in [4.69, 9.17) is 5.73 Å². The Morgan fingerprint density at radius 2 is 1.90 bits per heavy atom. The molecule has 0 aliphatic carbocycles. The van der Waals surface area contributed by atoms with Crippen molar-refractivity contribution in [3.05, 3.63) is 59.2 Å². The fraction of sp³-hybridized carbons (Fsp3) is 0.235. The van der Waals surface area contributed by atoms with Gasteiger partial charge in [0.05, 0.1) is 0 Å². The van der Waals surface area contributed by atoms with Crippen molar-refractivity contribution in [1.82, 2.24) is 0 Å². The summed E-state index contributed by atoms with van der Waals surface area (Å²) < 4.78 is 0. The monoisotopic (exact) mass is 268 g/mol. The van der Waals surface area contributed by atoms with E-state index < -0.39 is 0 Å². The molecule has 2 aromatic rings. The highest BCUT2D eigenvalue weighted by Crippen LogP contribution is 2.15. The second-order valence-electron chi connectivity index (χ2n) is 5.09. The lowest BCUT2D eigenvalue weighted by Crippen LogP contribution is -2.12. The smallest absolute Gasteiger partial charge is 0.224 e. The Morgan fingerprint density at radius 1 is 1.10 bits per heavy atom. The molecule has 0 bridgehead atoms. The Morgan fingerprint density at radius 3 is 2.60 bits per heavy atom. The minimum Gasteiger partial charge on any atom is -0.399 e. The van der Waals surface area contributed by atoms with E-state index in [1.165, 1.54) is 11.1 Å². The van der Waals surface area contributed by atoms with Gasteiger partial charge >= 0.3 is 0 Å². The van der Waals surface area contributed by atoms with Gasteiger partial charge in [0.25, 0.3) is 0 Å². The lowest BCUT2D eigenvalue weighted by atomic mass is 10.1. The fourth-order valence-electron chi connectivity index (χ4n) is 2.05. The standard InChI is InChI=1S/C17H20N2O/c1-12-6-8-16(10-13(12)2)19-17(20)9-7-14-4-3-5-15(18)11-14/h3-6,8,10-11H,7,9,18H2,1-2H3,(H,19,20). The Balaban J connectivity index is 1.91. The van der Waals surface area contributed by atoms with Gasteiger partial charge in [-0.05, 0) is 61.2 Å². The van der Waals surface area contributed by atoms with E-state index >= 15 is 0 Å². The molecule has 0 atom stereocenters. The number of anilines is 2. The van der Waals surface area contributed by atoms with Crippen molar-refractivity contribution in [1.29, 1.82) is 0 Å². The van der Waals surface area contributed by atoms with Crippen molar-refractivity contribution in [2.24, 2.45) is 0 Å². The zero-order valence-electron chi connectivity index (χ0n) is 11.9. The lowest BCUT2D eigenvalue weighted by molar-refractivity contribution is -0.116. The Kier molecular flexibility index (Phi) is 4.41. The van der Waals surface area contributed by atoms with Gasteiger partial charge in [0.15, 0.2) is 0 Å². The van der Waals surface area contributed by atoms with E-state index in [9.17, 15) is 4.79 Å². The normalized spacial score (nSPS) is 10.3. The summed E-state index contributed by atoms with van der Waals surface area (Å²) in [5.74, 6) is 0.0238. The van der Waals surface area contributed by atoms with Crippen LogP contribution in [0, 0.1) is 13.8 Å². The summed E-state index contributed by atoms with van der Waals surface area (Å²) in [7, 11) is 0. The maximum absolute atomic E-state index is 11.9. The van der Waals surface area contributed by atoms with E-state index in [0.717, 1.165) is 16.9 Å². The topological polar surface area (TPSA) is 55.1 Å². The van der Waals surface area contributed by atoms with Gasteiger partial charge in [-0.15, -0.1) is 0 Å². The van der Waals surface area contributed by atoms with Crippen molar-refractivity contribution in [2.45, 2.75) is 26.7 Å². The maximum Gasteiger partial charge on any atom is 0.224 e. The first-order chi connectivity index (χ1) is 9.54. The van der Waals surface area contributed by atoms with Gasteiger partial charge in [-0.3, -0.25) is 4.79 Å². The molecule has 0 saturated carbocycles. The third-order valence-electron chi connectivity index (χ3n) is 3.38. The number of nitrogen functional groups attached to an aromatic ring is 1. The molecule has 2 aromatic carbocycles. The zero-order chi connectivity index (χ0) is 14.5. The predicted octanol–water partition coefficient (Wildman–Crippen LogP) is 3.46. The molecule has 0 fully saturated rings. The van der Waals surface area contributed by atoms with Crippen LogP contribution in [-0.2, 0) is 11.2 Å². The van der Waals surface area contributed by atoms with E-state index in [-0.39, 0.29) is 5.91 Å². The largest absolute Gasteiger partial charge is 0.399 e. The second-order valence-corrected chi connectivity index (χ2v) is 5.09. The van der Waals surface area contributed by atoms with Crippen LogP contribution < -0.4 is 11.1 Å². The Labute approximate surface area is 119 Å². The van der Waals surface area contributed by atoms with Crippen molar-refractivity contribution in [2.75, 3.05) is 11.1 Å². The first kappa shape index (κ1) is 14.1. The number of hydrogen-bond acceptors (Lipinski definition) is 2. The van der Waals surface area contributed by atoms with Gasteiger partial charge < -0.3 is 11.1 Å². The maximum atomic E-state index is 11.9. The highest BCUT2D eigenvalue weighted by Gasteiger charge is 2.04. The van der Waals surface area contributed by atoms with Crippen LogP contribution in [0.5, 0.6) is 0 Å². The van der Waals surface area contributed by atoms with Crippen LogP contribution in [0.15, 0.2) is 42.5 Å². The van der Waals surface area contributed by atoms with E-state index in [1.54, 1.807) is 0 Å². The molecule has 0 spiro atoms. The minimum atomic E-state index is 0.0238. The molecule has 0 heterocycles. The number of rotatable bonds is 4. The molecule has 0 radical (unpaired) electrons. The van der Waals surface area contributed by atoms with Crippen LogP contribution in [0.4, 0.5) is 11.4 Å². The average molecular weight is 268 g/mol. The van der Waals surface area contributed by atoms with Crippen LogP contribution in [0.3, 0.4) is 0 Å². The third-order valence-corrected chi connectivity index (χ3v) is 3.38. The zero-order valence-corrected chi connectivity index (χ0v) is 11.9. The second kappa shape index (κ2) is 6.24. The summed E-state index contributed by atoms with van der Waals surface area (Å²) >= 11 is 0. The number of aryl methyl sites for hydroxylation is 3. The molecular weight excluding hydrogens is 248 g/mol. The van der Waals surface area contributed by atoms with Crippen LogP contribution >= 0.6 is 0 Å². The van der Waals surface area contributed by atoms with Crippen molar-refractivity contribution >= 4 is 17.3 Å². The summed E-state index contributed by atoms with van der Waals surface area (Å²) in [4.78, 5) is 11.9. The molecule has 0 unspecified atom stereocenters. The van der Waals surface area contributed by atoms with Gasteiger partial charge in [-0.2, -0.15) is 0 Å². The minimum absolute atomic E-state index is 0.0238. The number of amides is 1. The average Bonchev–Trinajstić information content (AvgIpc) is 2.41. The number of nitrogens with one attached hydrogen (secondary N) is 1. The lowest BCUT2D eigenvalue weighted by Gasteiger charge is -2.08. The molecule has 0 aliphatic heterocycles. The third kappa shape index (κ3) is 3.85. The Hall–Kier alpha value is -2.29. The Bertz CT molecular complexity index is 620. The number of carbonyl (C=O) groups excluding carboxylic acids is 1. The molecule has 3 N–H and O–H groups in total. The molecule has 1 amide bonds. The summed E-state index contributed by atoms with van der Waals surface area (Å²) in [5.41, 5.74) is 10.8. The van der Waals surface area contributed by atoms with Crippen LogP contribution in [0.25, 0.3) is 0 Å². The van der Waals surface area contributed by atoms with E-state index in [1.807, 2.05) is 49.4 Å². The first-order valence-corrected chi connectivity index (χ1v) is 6.76.